The molecule has 0 unspecified atom stereocenters. The highest BCUT2D eigenvalue weighted by Gasteiger charge is 2.35. The number of benzene rings is 2. The fourth-order valence-electron chi connectivity index (χ4n) is 3.69. The van der Waals surface area contributed by atoms with E-state index in [0.29, 0.717) is 37.4 Å². The van der Waals surface area contributed by atoms with Gasteiger partial charge < -0.3 is 15.0 Å². The third-order valence-electron chi connectivity index (χ3n) is 5.19. The van der Waals surface area contributed by atoms with Crippen LogP contribution in [0.4, 0.5) is 5.69 Å². The number of para-hydroxylation sites is 1. The second-order valence-electron chi connectivity index (χ2n) is 7.02. The van der Waals surface area contributed by atoms with Gasteiger partial charge in [0.25, 0.3) is 5.91 Å². The Morgan fingerprint density at radius 3 is 2.56 bits per heavy atom. The van der Waals surface area contributed by atoms with Crippen LogP contribution in [-0.4, -0.2) is 35.9 Å². The number of hydrogen-bond donors (Lipinski definition) is 1. The zero-order valence-corrected chi connectivity index (χ0v) is 15.6. The Bertz CT molecular complexity index is 848. The molecule has 2 aliphatic rings. The molecule has 27 heavy (non-hydrogen) atoms. The number of likely N-dealkylation sites (tertiary alicyclic amines) is 1. The van der Waals surface area contributed by atoms with E-state index in [9.17, 15) is 9.59 Å². The summed E-state index contributed by atoms with van der Waals surface area (Å²) in [5, 5.41) is 3.60. The molecule has 0 aliphatic carbocycles. The Morgan fingerprint density at radius 2 is 1.81 bits per heavy atom. The number of fused-ring (bicyclic) bond motifs is 1. The molecule has 2 aromatic carbocycles. The first-order valence-corrected chi connectivity index (χ1v) is 9.58. The fourth-order valence-corrected chi connectivity index (χ4v) is 3.88. The summed E-state index contributed by atoms with van der Waals surface area (Å²) in [4.78, 5) is 27.0. The number of carbonyl (C=O) groups is 2. The van der Waals surface area contributed by atoms with Crippen molar-refractivity contribution in [2.75, 3.05) is 18.4 Å². The lowest BCUT2D eigenvalue weighted by molar-refractivity contribution is -0.140. The zero-order chi connectivity index (χ0) is 18.8. The van der Waals surface area contributed by atoms with Crippen molar-refractivity contribution in [3.63, 3.8) is 0 Å². The van der Waals surface area contributed by atoms with Crippen molar-refractivity contribution in [3.05, 3.63) is 59.1 Å². The first-order chi connectivity index (χ1) is 13.1. The second kappa shape index (κ2) is 7.61. The number of nitrogens with zero attached hydrogens (tertiary/aromatic N) is 1. The molecule has 5 nitrogen and oxygen atoms in total. The molecule has 2 amide bonds. The molecule has 0 saturated carbocycles. The fraction of sp³-hybridized carbons (Fsp3) is 0.333. The number of anilines is 1. The number of amides is 2. The summed E-state index contributed by atoms with van der Waals surface area (Å²) >= 11 is 6.01. The van der Waals surface area contributed by atoms with Crippen LogP contribution in [0.2, 0.25) is 5.02 Å². The highest BCUT2D eigenvalue weighted by atomic mass is 35.5. The first kappa shape index (κ1) is 17.9. The molecule has 140 valence electrons. The van der Waals surface area contributed by atoms with Crippen LogP contribution in [0.25, 0.3) is 0 Å². The molecule has 1 atom stereocenters. The van der Waals surface area contributed by atoms with E-state index in [1.165, 1.54) is 0 Å². The van der Waals surface area contributed by atoms with E-state index in [-0.39, 0.29) is 17.7 Å². The molecule has 1 N–H and O–H groups in total. The zero-order valence-electron chi connectivity index (χ0n) is 14.9. The maximum atomic E-state index is 12.8. The van der Waals surface area contributed by atoms with Crippen LogP contribution in [-0.2, 0) is 16.0 Å². The Morgan fingerprint density at radius 1 is 1.07 bits per heavy atom. The van der Waals surface area contributed by atoms with Crippen LogP contribution >= 0.6 is 11.6 Å². The predicted molar refractivity (Wildman–Crippen MR) is 104 cm³/mol. The largest absolute Gasteiger partial charge is 0.480 e. The topological polar surface area (TPSA) is 58.6 Å². The monoisotopic (exact) mass is 384 g/mol. The minimum atomic E-state index is -0.492. The maximum Gasteiger partial charge on any atom is 0.263 e. The molecular formula is C21H21ClN2O3. The summed E-state index contributed by atoms with van der Waals surface area (Å²) in [6.07, 6.45) is 1.38. The van der Waals surface area contributed by atoms with Gasteiger partial charge in [0.1, 0.15) is 5.75 Å². The van der Waals surface area contributed by atoms with Crippen molar-refractivity contribution in [1.29, 1.82) is 0 Å². The Kier molecular flexibility index (Phi) is 5.03. The minimum Gasteiger partial charge on any atom is -0.480 e. The highest BCUT2D eigenvalue weighted by Crippen LogP contribution is 2.32. The molecule has 6 heteroatoms. The minimum absolute atomic E-state index is 0.00996. The molecule has 2 aliphatic heterocycles. The molecule has 0 bridgehead atoms. The van der Waals surface area contributed by atoms with Gasteiger partial charge in [-0.15, -0.1) is 0 Å². The average Bonchev–Trinajstić information content (AvgIpc) is 3.11. The standard InChI is InChI=1S/C21H21ClN2O3/c22-16-6-7-18-15(12-16)13-19(27-18)21(26)24-10-8-14(9-11-24)20(25)23-17-4-2-1-3-5-17/h1-7,12,14,19H,8-11,13H2,(H,23,25)/t19-/m0/s1. The SMILES string of the molecule is O=C(Nc1ccccc1)C1CCN(C(=O)[C@@H]2Cc3cc(Cl)ccc3O2)CC1. The number of carbonyl (C=O) groups excluding carboxylic acids is 2. The van der Waals surface area contributed by atoms with Crippen LogP contribution in [0.5, 0.6) is 5.75 Å². The molecule has 1 saturated heterocycles. The number of ether oxygens (including phenoxy) is 1. The molecule has 4 rings (SSSR count). The van der Waals surface area contributed by atoms with Crippen molar-refractivity contribution in [3.8, 4) is 5.75 Å². The molecule has 0 spiro atoms. The van der Waals surface area contributed by atoms with Gasteiger partial charge in [0.05, 0.1) is 0 Å². The van der Waals surface area contributed by atoms with Crippen LogP contribution in [0.1, 0.15) is 18.4 Å². The number of halogens is 1. The van der Waals surface area contributed by atoms with E-state index in [2.05, 4.69) is 5.32 Å². The molecule has 0 aromatic heterocycles. The van der Waals surface area contributed by atoms with E-state index < -0.39 is 6.10 Å². The van der Waals surface area contributed by atoms with Gasteiger partial charge in [-0.05, 0) is 48.7 Å². The Balaban J connectivity index is 1.30. The second-order valence-corrected chi connectivity index (χ2v) is 7.45. The van der Waals surface area contributed by atoms with Crippen molar-refractivity contribution >= 4 is 29.1 Å². The van der Waals surface area contributed by atoms with E-state index >= 15 is 0 Å². The molecular weight excluding hydrogens is 364 g/mol. The summed E-state index contributed by atoms with van der Waals surface area (Å²) in [6.45, 7) is 1.14. The van der Waals surface area contributed by atoms with Crippen LogP contribution in [0, 0.1) is 5.92 Å². The van der Waals surface area contributed by atoms with Gasteiger partial charge in [0.2, 0.25) is 5.91 Å². The van der Waals surface area contributed by atoms with Crippen LogP contribution < -0.4 is 10.1 Å². The van der Waals surface area contributed by atoms with Crippen molar-refractivity contribution in [2.24, 2.45) is 5.92 Å². The van der Waals surface area contributed by atoms with Crippen LogP contribution in [0.3, 0.4) is 0 Å². The first-order valence-electron chi connectivity index (χ1n) is 9.20. The van der Waals surface area contributed by atoms with Gasteiger partial charge in [0, 0.05) is 36.1 Å². The lowest BCUT2D eigenvalue weighted by Crippen LogP contribution is -2.46. The highest BCUT2D eigenvalue weighted by molar-refractivity contribution is 6.30. The lowest BCUT2D eigenvalue weighted by Gasteiger charge is -2.32. The molecule has 2 aromatic rings. The number of nitrogens with one attached hydrogen (secondary N) is 1. The number of piperidine rings is 1. The van der Waals surface area contributed by atoms with Crippen LogP contribution in [0.15, 0.2) is 48.5 Å². The Hall–Kier alpha value is -2.53. The molecule has 0 radical (unpaired) electrons. The molecule has 1 fully saturated rings. The van der Waals surface area contributed by atoms with Gasteiger partial charge in [-0.1, -0.05) is 29.8 Å². The third-order valence-corrected chi connectivity index (χ3v) is 5.43. The lowest BCUT2D eigenvalue weighted by atomic mass is 9.95. The van der Waals surface area contributed by atoms with Crippen molar-refractivity contribution < 1.29 is 14.3 Å². The van der Waals surface area contributed by atoms with Crippen molar-refractivity contribution in [1.82, 2.24) is 4.90 Å². The molecule has 2 heterocycles. The summed E-state index contributed by atoms with van der Waals surface area (Å²) in [5.74, 6) is 0.668. The summed E-state index contributed by atoms with van der Waals surface area (Å²) < 4.78 is 5.80. The van der Waals surface area contributed by atoms with Gasteiger partial charge in [0.15, 0.2) is 6.10 Å². The van der Waals surface area contributed by atoms with E-state index in [4.69, 9.17) is 16.3 Å². The number of rotatable bonds is 3. The van der Waals surface area contributed by atoms with Gasteiger partial charge in [-0.25, -0.2) is 0 Å². The summed E-state index contributed by atoms with van der Waals surface area (Å²) in [6, 6.07) is 14.9. The summed E-state index contributed by atoms with van der Waals surface area (Å²) in [5.41, 5.74) is 1.77. The number of hydrogen-bond acceptors (Lipinski definition) is 3. The predicted octanol–water partition coefficient (Wildman–Crippen LogP) is 3.52. The summed E-state index contributed by atoms with van der Waals surface area (Å²) in [7, 11) is 0. The quantitative estimate of drug-likeness (QED) is 0.880. The van der Waals surface area contributed by atoms with E-state index in [0.717, 1.165) is 17.0 Å². The van der Waals surface area contributed by atoms with Gasteiger partial charge in [-0.2, -0.15) is 0 Å². The third kappa shape index (κ3) is 3.93. The smallest absolute Gasteiger partial charge is 0.263 e. The van der Waals surface area contributed by atoms with E-state index in [1.54, 1.807) is 6.07 Å². The van der Waals surface area contributed by atoms with Crippen molar-refractivity contribution in [2.45, 2.75) is 25.4 Å². The average molecular weight is 385 g/mol. The normalized spacial score (nSPS) is 19.3. The maximum absolute atomic E-state index is 12.8. The van der Waals surface area contributed by atoms with E-state index in [1.807, 2.05) is 47.4 Å². The van der Waals surface area contributed by atoms with Gasteiger partial charge >= 0.3 is 0 Å². The van der Waals surface area contributed by atoms with Gasteiger partial charge in [-0.3, -0.25) is 9.59 Å². The Labute approximate surface area is 163 Å².